The highest BCUT2D eigenvalue weighted by atomic mass is 79.9. The van der Waals surface area contributed by atoms with E-state index < -0.39 is 0 Å². The van der Waals surface area contributed by atoms with Gasteiger partial charge in [-0.2, -0.15) is 0 Å². The van der Waals surface area contributed by atoms with Crippen molar-refractivity contribution in [1.29, 1.82) is 0 Å². The maximum absolute atomic E-state index is 3.64. The minimum absolute atomic E-state index is 1.16. The van der Waals surface area contributed by atoms with Crippen molar-refractivity contribution in [3.05, 3.63) is 23.2 Å². The van der Waals surface area contributed by atoms with Gasteiger partial charge in [-0.1, -0.05) is 60.8 Å². The van der Waals surface area contributed by atoms with Crippen LogP contribution in [0.1, 0.15) is 39.0 Å². The Morgan fingerprint density at radius 2 is 2.09 bits per heavy atom. The first-order chi connectivity index (χ1) is 5.31. The van der Waals surface area contributed by atoms with Crippen LogP contribution in [0.4, 0.5) is 0 Å². The van der Waals surface area contributed by atoms with Gasteiger partial charge in [-0.25, -0.2) is 0 Å². The fourth-order valence-electron chi connectivity index (χ4n) is 0.932. The molecule has 64 valence electrons. The second-order valence-corrected chi connectivity index (χ2v) is 3.68. The molecule has 0 saturated carbocycles. The van der Waals surface area contributed by atoms with Gasteiger partial charge >= 0.3 is 0 Å². The van der Waals surface area contributed by atoms with Gasteiger partial charge in [0.2, 0.25) is 0 Å². The molecule has 0 nitrogen and oxygen atoms in total. The predicted octanol–water partition coefficient (Wildman–Crippen LogP) is 4.42. The molecule has 0 atom stereocenters. The van der Waals surface area contributed by atoms with E-state index in [9.17, 15) is 0 Å². The molecule has 0 amide bonds. The highest BCUT2D eigenvalue weighted by molar-refractivity contribution is 9.11. The van der Waals surface area contributed by atoms with Crippen LogP contribution in [0.15, 0.2) is 23.2 Å². The monoisotopic (exact) mass is 216 g/mol. The van der Waals surface area contributed by atoms with E-state index in [0.29, 0.717) is 0 Å². The summed E-state index contributed by atoms with van der Waals surface area (Å²) in [5, 5.41) is 0. The summed E-state index contributed by atoms with van der Waals surface area (Å²) < 4.78 is 1.27. The third-order valence-corrected chi connectivity index (χ3v) is 2.23. The van der Waals surface area contributed by atoms with Crippen LogP contribution in [0.2, 0.25) is 0 Å². The summed E-state index contributed by atoms with van der Waals surface area (Å²) in [6.07, 6.45) is 10.3. The first kappa shape index (κ1) is 11.0. The summed E-state index contributed by atoms with van der Waals surface area (Å²) in [6.45, 7) is 5.87. The Labute approximate surface area is 78.5 Å². The molecule has 0 aliphatic carbocycles. The lowest BCUT2D eigenvalue weighted by molar-refractivity contribution is 0.673. The highest BCUT2D eigenvalue weighted by Gasteiger charge is 1.90. The summed E-state index contributed by atoms with van der Waals surface area (Å²) >= 11 is 3.48. The molecule has 0 aliphatic heterocycles. The summed E-state index contributed by atoms with van der Waals surface area (Å²) in [4.78, 5) is 0. The lowest BCUT2D eigenvalue weighted by Gasteiger charge is -1.97. The van der Waals surface area contributed by atoms with Crippen molar-refractivity contribution in [2.24, 2.45) is 0 Å². The average molecular weight is 217 g/mol. The lowest BCUT2D eigenvalue weighted by Crippen LogP contribution is -1.76. The molecule has 0 heterocycles. The number of hydrogen-bond acceptors (Lipinski definition) is 0. The summed E-state index contributed by atoms with van der Waals surface area (Å²) in [7, 11) is 0. The summed E-state index contributed by atoms with van der Waals surface area (Å²) in [5.74, 6) is 0. The Balaban J connectivity index is 3.23. The Bertz CT molecular complexity index is 125. The van der Waals surface area contributed by atoms with Gasteiger partial charge in [0, 0.05) is 0 Å². The molecule has 0 aromatic heterocycles. The van der Waals surface area contributed by atoms with Crippen molar-refractivity contribution in [1.82, 2.24) is 0 Å². The highest BCUT2D eigenvalue weighted by Crippen LogP contribution is 2.15. The molecule has 0 radical (unpaired) electrons. The molecule has 0 bridgehead atoms. The van der Waals surface area contributed by atoms with Crippen molar-refractivity contribution in [3.8, 4) is 0 Å². The van der Waals surface area contributed by atoms with E-state index >= 15 is 0 Å². The van der Waals surface area contributed by atoms with Crippen LogP contribution in [0.3, 0.4) is 0 Å². The fraction of sp³-hybridized carbons (Fsp3) is 0.600. The molecule has 1 heteroatoms. The van der Waals surface area contributed by atoms with E-state index in [2.05, 4.69) is 29.4 Å². The molecular formula is C10H17Br. The second-order valence-electron chi connectivity index (χ2n) is 2.66. The smallest absolute Gasteiger partial charge is 0.00496 e. The molecule has 0 fully saturated rings. The maximum atomic E-state index is 3.64. The van der Waals surface area contributed by atoms with E-state index in [1.807, 2.05) is 12.2 Å². The molecule has 0 spiro atoms. The van der Waals surface area contributed by atoms with Crippen molar-refractivity contribution in [2.45, 2.75) is 39.0 Å². The van der Waals surface area contributed by atoms with Gasteiger partial charge in [-0.3, -0.25) is 0 Å². The number of rotatable bonds is 6. The van der Waals surface area contributed by atoms with Crippen LogP contribution in [-0.4, -0.2) is 0 Å². The van der Waals surface area contributed by atoms with Crippen LogP contribution in [-0.2, 0) is 0 Å². The van der Waals surface area contributed by atoms with Gasteiger partial charge in [-0.15, -0.1) is 0 Å². The van der Waals surface area contributed by atoms with Crippen LogP contribution in [0, 0.1) is 0 Å². The van der Waals surface area contributed by atoms with E-state index in [-0.39, 0.29) is 0 Å². The number of halogens is 1. The van der Waals surface area contributed by atoms with Gasteiger partial charge in [0.1, 0.15) is 0 Å². The van der Waals surface area contributed by atoms with Crippen molar-refractivity contribution < 1.29 is 0 Å². The first-order valence-corrected chi connectivity index (χ1v) is 5.07. The zero-order valence-electron chi connectivity index (χ0n) is 7.28. The minimum atomic E-state index is 1.16. The van der Waals surface area contributed by atoms with Crippen LogP contribution in [0.5, 0.6) is 0 Å². The van der Waals surface area contributed by atoms with E-state index in [0.717, 1.165) is 6.42 Å². The minimum Gasteiger partial charge on any atom is -0.0990 e. The topological polar surface area (TPSA) is 0 Å². The Morgan fingerprint density at radius 1 is 1.36 bits per heavy atom. The van der Waals surface area contributed by atoms with Gasteiger partial charge in [0.05, 0.1) is 0 Å². The third-order valence-electron chi connectivity index (χ3n) is 1.57. The molecule has 0 aromatic rings. The SMILES string of the molecule is C=C/C=C(/Br)CCCCCC. The molecule has 0 aliphatic rings. The Morgan fingerprint density at radius 3 is 2.64 bits per heavy atom. The number of hydrogen-bond donors (Lipinski definition) is 0. The zero-order valence-corrected chi connectivity index (χ0v) is 8.86. The summed E-state index contributed by atoms with van der Waals surface area (Å²) in [5.41, 5.74) is 0. The van der Waals surface area contributed by atoms with Crippen LogP contribution in [0.25, 0.3) is 0 Å². The van der Waals surface area contributed by atoms with E-state index in [1.165, 1.54) is 30.2 Å². The quantitative estimate of drug-likeness (QED) is 0.456. The average Bonchev–Trinajstić information content (AvgIpc) is 1.99. The predicted molar refractivity (Wildman–Crippen MR) is 56.0 cm³/mol. The van der Waals surface area contributed by atoms with Crippen LogP contribution < -0.4 is 0 Å². The molecule has 0 unspecified atom stereocenters. The molecule has 0 rings (SSSR count). The lowest BCUT2D eigenvalue weighted by atomic mass is 10.1. The molecule has 11 heavy (non-hydrogen) atoms. The second kappa shape index (κ2) is 8.06. The van der Waals surface area contributed by atoms with Crippen LogP contribution >= 0.6 is 15.9 Å². The van der Waals surface area contributed by atoms with Gasteiger partial charge < -0.3 is 0 Å². The first-order valence-electron chi connectivity index (χ1n) is 4.28. The summed E-state index contributed by atoms with van der Waals surface area (Å²) in [6, 6.07) is 0. The van der Waals surface area contributed by atoms with Crippen molar-refractivity contribution in [3.63, 3.8) is 0 Å². The standard InChI is InChI=1S/C10H17Br/c1-3-5-6-7-9-10(11)8-4-2/h4,8H,2-3,5-7,9H2,1H3/b10-8+. The van der Waals surface area contributed by atoms with Gasteiger partial charge in [0.15, 0.2) is 0 Å². The molecule has 0 N–H and O–H groups in total. The Hall–Kier alpha value is -0.0400. The maximum Gasteiger partial charge on any atom is -0.00496 e. The fourth-order valence-corrected chi connectivity index (χ4v) is 1.40. The Kier molecular flexibility index (Phi) is 8.03. The molecule has 0 aromatic carbocycles. The zero-order chi connectivity index (χ0) is 8.53. The molecule has 0 saturated heterocycles. The number of allylic oxidation sites excluding steroid dienone is 3. The van der Waals surface area contributed by atoms with E-state index in [4.69, 9.17) is 0 Å². The molecular weight excluding hydrogens is 200 g/mol. The number of unbranched alkanes of at least 4 members (excludes halogenated alkanes) is 3. The van der Waals surface area contributed by atoms with Crippen molar-refractivity contribution in [2.75, 3.05) is 0 Å². The van der Waals surface area contributed by atoms with Crippen molar-refractivity contribution >= 4 is 15.9 Å². The van der Waals surface area contributed by atoms with Gasteiger partial charge in [0.25, 0.3) is 0 Å². The normalized spacial score (nSPS) is 11.6. The largest absolute Gasteiger partial charge is 0.0990 e. The van der Waals surface area contributed by atoms with E-state index in [1.54, 1.807) is 0 Å². The van der Waals surface area contributed by atoms with Gasteiger partial charge in [-0.05, 0) is 17.3 Å². The third kappa shape index (κ3) is 7.86.